The molecule has 4 nitrogen and oxygen atoms in total. The van der Waals surface area contributed by atoms with Crippen molar-refractivity contribution in [2.75, 3.05) is 10.8 Å². The molecule has 0 fully saturated rings. The van der Waals surface area contributed by atoms with E-state index in [4.69, 9.17) is 4.74 Å². The van der Waals surface area contributed by atoms with Gasteiger partial charge in [-0.1, -0.05) is 52.8 Å². The number of rotatable bonds is 3. The van der Waals surface area contributed by atoms with E-state index in [-0.39, 0.29) is 11.4 Å². The third-order valence-electron chi connectivity index (χ3n) is 4.39. The molecule has 6 heteroatoms. The van der Waals surface area contributed by atoms with Crippen molar-refractivity contribution in [3.8, 4) is 5.75 Å². The van der Waals surface area contributed by atoms with Crippen molar-refractivity contribution in [2.45, 2.75) is 11.0 Å². The molecule has 0 unspecified atom stereocenters. The van der Waals surface area contributed by atoms with Crippen LogP contribution in [0, 0.1) is 0 Å². The molecule has 1 atom stereocenters. The summed E-state index contributed by atoms with van der Waals surface area (Å²) >= 11 is 3.41. The molecule has 0 N–H and O–H groups in total. The first kappa shape index (κ1) is 17.1. The maximum Gasteiger partial charge on any atom is 0.264 e. The molecule has 0 radical (unpaired) electrons. The van der Waals surface area contributed by atoms with Gasteiger partial charge in [-0.25, -0.2) is 8.42 Å². The van der Waals surface area contributed by atoms with Crippen LogP contribution in [0.25, 0.3) is 10.8 Å². The maximum absolute atomic E-state index is 13.4. The van der Waals surface area contributed by atoms with Crippen molar-refractivity contribution < 1.29 is 13.2 Å². The molecule has 1 aliphatic heterocycles. The van der Waals surface area contributed by atoms with E-state index in [1.807, 2.05) is 36.4 Å². The number of anilines is 1. The van der Waals surface area contributed by atoms with Crippen LogP contribution in [0.4, 0.5) is 5.69 Å². The molecule has 1 heterocycles. The predicted molar refractivity (Wildman–Crippen MR) is 107 cm³/mol. The standard InChI is InChI=1S/C20H16BrNO3S/c1-2-17-13-22(19-12-16(21)8-10-20(19)25-17)26(23,24)18-9-7-14-5-3-4-6-15(14)11-18/h2-12,17H,1,13H2/t17-/m0/s1. The lowest BCUT2D eigenvalue weighted by atomic mass is 10.1. The minimum atomic E-state index is -3.74. The summed E-state index contributed by atoms with van der Waals surface area (Å²) in [5.74, 6) is 0.522. The van der Waals surface area contributed by atoms with Gasteiger partial charge in [-0.05, 0) is 47.2 Å². The van der Waals surface area contributed by atoms with Crippen molar-refractivity contribution in [1.29, 1.82) is 0 Å². The van der Waals surface area contributed by atoms with E-state index in [9.17, 15) is 8.42 Å². The second-order valence-electron chi connectivity index (χ2n) is 6.05. The van der Waals surface area contributed by atoms with E-state index in [0.29, 0.717) is 11.4 Å². The maximum atomic E-state index is 13.4. The molecule has 132 valence electrons. The third-order valence-corrected chi connectivity index (χ3v) is 6.65. The molecular formula is C20H16BrNO3S. The van der Waals surface area contributed by atoms with Gasteiger partial charge < -0.3 is 4.74 Å². The number of sulfonamides is 1. The number of halogens is 1. The van der Waals surface area contributed by atoms with Crippen LogP contribution in [0.2, 0.25) is 0 Å². The fourth-order valence-electron chi connectivity index (χ4n) is 3.05. The summed E-state index contributed by atoms with van der Waals surface area (Å²) < 4.78 is 34.8. The van der Waals surface area contributed by atoms with E-state index in [1.54, 1.807) is 30.3 Å². The smallest absolute Gasteiger partial charge is 0.264 e. The van der Waals surface area contributed by atoms with Crippen LogP contribution in [-0.4, -0.2) is 21.1 Å². The van der Waals surface area contributed by atoms with Crippen LogP contribution in [-0.2, 0) is 10.0 Å². The van der Waals surface area contributed by atoms with Gasteiger partial charge in [-0.15, -0.1) is 0 Å². The van der Waals surface area contributed by atoms with Gasteiger partial charge in [0.05, 0.1) is 17.1 Å². The van der Waals surface area contributed by atoms with Gasteiger partial charge in [-0.3, -0.25) is 4.31 Å². The van der Waals surface area contributed by atoms with Crippen LogP contribution < -0.4 is 9.04 Å². The fraction of sp³-hybridized carbons (Fsp3) is 0.100. The Morgan fingerprint density at radius 1 is 1.08 bits per heavy atom. The lowest BCUT2D eigenvalue weighted by Crippen LogP contribution is -2.42. The first-order valence-electron chi connectivity index (χ1n) is 8.09. The summed E-state index contributed by atoms with van der Waals surface area (Å²) in [4.78, 5) is 0.256. The van der Waals surface area contributed by atoms with Gasteiger partial charge in [-0.2, -0.15) is 0 Å². The van der Waals surface area contributed by atoms with Crippen molar-refractivity contribution >= 4 is 42.4 Å². The van der Waals surface area contributed by atoms with Gasteiger partial charge in [0.15, 0.2) is 0 Å². The van der Waals surface area contributed by atoms with E-state index in [0.717, 1.165) is 15.2 Å². The van der Waals surface area contributed by atoms with Gasteiger partial charge >= 0.3 is 0 Å². The van der Waals surface area contributed by atoms with Gasteiger partial charge in [0.2, 0.25) is 0 Å². The first-order chi connectivity index (χ1) is 12.5. The Labute approximate surface area is 160 Å². The van der Waals surface area contributed by atoms with E-state index in [2.05, 4.69) is 22.5 Å². The average molecular weight is 430 g/mol. The highest BCUT2D eigenvalue weighted by molar-refractivity contribution is 9.10. The largest absolute Gasteiger partial charge is 0.482 e. The van der Waals surface area contributed by atoms with Crippen molar-refractivity contribution in [1.82, 2.24) is 0 Å². The number of ether oxygens (including phenoxy) is 1. The molecular weight excluding hydrogens is 414 g/mol. The summed E-state index contributed by atoms with van der Waals surface area (Å²) in [5.41, 5.74) is 0.519. The molecule has 3 aromatic carbocycles. The first-order valence-corrected chi connectivity index (χ1v) is 10.3. The zero-order valence-corrected chi connectivity index (χ0v) is 16.2. The highest BCUT2D eigenvalue weighted by atomic mass is 79.9. The summed E-state index contributed by atoms with van der Waals surface area (Å²) in [6, 6.07) is 18.2. The lowest BCUT2D eigenvalue weighted by molar-refractivity contribution is 0.246. The second kappa shape index (κ2) is 6.45. The number of nitrogens with zero attached hydrogens (tertiary/aromatic N) is 1. The number of hydrogen-bond acceptors (Lipinski definition) is 3. The highest BCUT2D eigenvalue weighted by Crippen LogP contribution is 2.39. The molecule has 0 aromatic heterocycles. The van der Waals surface area contributed by atoms with Gasteiger partial charge in [0, 0.05) is 4.47 Å². The highest BCUT2D eigenvalue weighted by Gasteiger charge is 2.33. The van der Waals surface area contributed by atoms with Crippen molar-refractivity contribution in [2.24, 2.45) is 0 Å². The van der Waals surface area contributed by atoms with Crippen LogP contribution in [0.15, 0.2) is 82.7 Å². The van der Waals surface area contributed by atoms with Crippen LogP contribution >= 0.6 is 15.9 Å². The Morgan fingerprint density at radius 3 is 2.62 bits per heavy atom. The summed E-state index contributed by atoms with van der Waals surface area (Å²) in [7, 11) is -3.74. The van der Waals surface area contributed by atoms with Gasteiger partial charge in [0.25, 0.3) is 10.0 Å². The summed E-state index contributed by atoms with van der Waals surface area (Å²) in [5, 5.41) is 1.89. The number of hydrogen-bond donors (Lipinski definition) is 0. The monoisotopic (exact) mass is 429 g/mol. The Morgan fingerprint density at radius 2 is 1.85 bits per heavy atom. The Hall–Kier alpha value is -2.31. The van der Waals surface area contributed by atoms with Crippen LogP contribution in [0.3, 0.4) is 0 Å². The Bertz CT molecular complexity index is 1110. The molecule has 0 saturated carbocycles. The van der Waals surface area contributed by atoms with E-state index in [1.165, 1.54) is 4.31 Å². The molecule has 0 amide bonds. The van der Waals surface area contributed by atoms with Crippen molar-refractivity contribution in [3.63, 3.8) is 0 Å². The topological polar surface area (TPSA) is 46.6 Å². The average Bonchev–Trinajstić information content (AvgIpc) is 2.66. The lowest BCUT2D eigenvalue weighted by Gasteiger charge is -2.34. The van der Waals surface area contributed by atoms with Crippen LogP contribution in [0.1, 0.15) is 0 Å². The zero-order valence-electron chi connectivity index (χ0n) is 13.8. The molecule has 0 aliphatic carbocycles. The molecule has 0 spiro atoms. The molecule has 3 aromatic rings. The second-order valence-corrected chi connectivity index (χ2v) is 8.83. The zero-order chi connectivity index (χ0) is 18.3. The SMILES string of the molecule is C=C[C@H]1CN(S(=O)(=O)c2ccc3ccccc3c2)c2cc(Br)ccc2O1. The molecule has 4 rings (SSSR count). The minimum absolute atomic E-state index is 0.183. The molecule has 1 aliphatic rings. The van der Waals surface area contributed by atoms with Crippen LogP contribution in [0.5, 0.6) is 5.75 Å². The fourth-order valence-corrected chi connectivity index (χ4v) is 4.92. The van der Waals surface area contributed by atoms with E-state index < -0.39 is 16.1 Å². The normalized spacial score (nSPS) is 16.8. The minimum Gasteiger partial charge on any atom is -0.482 e. The summed E-state index contributed by atoms with van der Waals surface area (Å²) in [6.45, 7) is 3.93. The number of fused-ring (bicyclic) bond motifs is 2. The predicted octanol–water partition coefficient (Wildman–Crippen LogP) is 4.74. The quantitative estimate of drug-likeness (QED) is 0.564. The molecule has 0 saturated heterocycles. The molecule has 0 bridgehead atoms. The Kier molecular flexibility index (Phi) is 4.25. The number of benzene rings is 3. The third kappa shape index (κ3) is 2.89. The Balaban J connectivity index is 1.86. The summed E-state index contributed by atoms with van der Waals surface area (Å²) in [6.07, 6.45) is 1.22. The van der Waals surface area contributed by atoms with Crippen molar-refractivity contribution in [3.05, 3.63) is 77.8 Å². The van der Waals surface area contributed by atoms with Gasteiger partial charge in [0.1, 0.15) is 11.9 Å². The molecule has 26 heavy (non-hydrogen) atoms. The van der Waals surface area contributed by atoms with E-state index >= 15 is 0 Å².